The van der Waals surface area contributed by atoms with E-state index >= 15 is 0 Å². The van der Waals surface area contributed by atoms with Crippen LogP contribution in [-0.2, 0) is 19.2 Å². The smallest absolute Gasteiger partial charge is 0.326 e. The summed E-state index contributed by atoms with van der Waals surface area (Å²) in [4.78, 5) is 50.7. The van der Waals surface area contributed by atoms with Crippen LogP contribution in [0.3, 0.4) is 0 Å². The molecule has 0 radical (unpaired) electrons. The van der Waals surface area contributed by atoms with Crippen LogP contribution >= 0.6 is 0 Å². The highest BCUT2D eigenvalue weighted by Gasteiger charge is 2.39. The molecule has 5 atom stereocenters. The van der Waals surface area contributed by atoms with E-state index in [0.29, 0.717) is 38.6 Å². The van der Waals surface area contributed by atoms with Crippen LogP contribution in [0.2, 0.25) is 0 Å². The number of nitrogens with one attached hydrogen (secondary N) is 2. The van der Waals surface area contributed by atoms with Crippen molar-refractivity contribution in [3.05, 3.63) is 0 Å². The van der Waals surface area contributed by atoms with E-state index in [2.05, 4.69) is 10.6 Å². The van der Waals surface area contributed by atoms with Gasteiger partial charge in [-0.25, -0.2) is 4.79 Å². The number of hydrogen-bond acceptors (Lipinski definition) is 7. The van der Waals surface area contributed by atoms with Gasteiger partial charge in [-0.3, -0.25) is 14.4 Å². The summed E-state index contributed by atoms with van der Waals surface area (Å²) >= 11 is 0. The Hall–Kier alpha value is -2.24. The average Bonchev–Trinajstić information content (AvgIpc) is 3.24. The summed E-state index contributed by atoms with van der Waals surface area (Å²) in [5.74, 6) is -2.97. The van der Waals surface area contributed by atoms with Crippen molar-refractivity contribution in [3.63, 3.8) is 0 Å². The number of hydrogen-bond donors (Lipinski definition) is 6. The van der Waals surface area contributed by atoms with E-state index in [0.717, 1.165) is 0 Å². The zero-order valence-electron chi connectivity index (χ0n) is 18.4. The van der Waals surface area contributed by atoms with Crippen LogP contribution in [0.15, 0.2) is 0 Å². The third-order valence-corrected chi connectivity index (χ3v) is 5.76. The van der Waals surface area contributed by atoms with E-state index in [1.807, 2.05) is 13.8 Å². The molecule has 8 N–H and O–H groups in total. The maximum absolute atomic E-state index is 12.9. The highest BCUT2D eigenvalue weighted by Crippen LogP contribution is 2.19. The zero-order chi connectivity index (χ0) is 23.6. The molecule has 178 valence electrons. The molecule has 1 fully saturated rings. The van der Waals surface area contributed by atoms with Crippen LogP contribution in [0.1, 0.15) is 52.4 Å². The SMILES string of the molecule is CCC(C)C(N)C(=O)NC(CO)C(=O)N1CCCC1C(=O)NC(CCCCN)C(=O)O. The first-order chi connectivity index (χ1) is 14.7. The quantitative estimate of drug-likeness (QED) is 0.186. The van der Waals surface area contributed by atoms with E-state index in [-0.39, 0.29) is 18.9 Å². The van der Waals surface area contributed by atoms with E-state index in [1.165, 1.54) is 4.90 Å². The largest absolute Gasteiger partial charge is 0.480 e. The predicted molar refractivity (Wildman–Crippen MR) is 114 cm³/mol. The number of aliphatic hydroxyl groups excluding tert-OH is 1. The van der Waals surface area contributed by atoms with Crippen molar-refractivity contribution in [2.45, 2.75) is 76.5 Å². The molecule has 1 heterocycles. The van der Waals surface area contributed by atoms with Gasteiger partial charge in [0, 0.05) is 6.54 Å². The molecular weight excluding hydrogens is 406 g/mol. The summed E-state index contributed by atoms with van der Waals surface area (Å²) in [6.07, 6.45) is 3.03. The Kier molecular flexibility index (Phi) is 11.4. The van der Waals surface area contributed by atoms with Gasteiger partial charge < -0.3 is 37.2 Å². The third-order valence-electron chi connectivity index (χ3n) is 5.76. The molecule has 5 unspecified atom stereocenters. The first kappa shape index (κ1) is 26.8. The van der Waals surface area contributed by atoms with Crippen molar-refractivity contribution >= 4 is 23.7 Å². The Morgan fingerprint density at radius 1 is 1.16 bits per heavy atom. The number of carboxylic acid groups (broad SMARTS) is 1. The van der Waals surface area contributed by atoms with Crippen LogP contribution in [-0.4, -0.2) is 82.7 Å². The second kappa shape index (κ2) is 13.2. The van der Waals surface area contributed by atoms with Crippen molar-refractivity contribution in [1.29, 1.82) is 0 Å². The molecule has 0 spiro atoms. The molecule has 31 heavy (non-hydrogen) atoms. The number of nitrogens with zero attached hydrogens (tertiary/aromatic N) is 1. The summed E-state index contributed by atoms with van der Waals surface area (Å²) in [6.45, 7) is 3.76. The second-order valence-electron chi connectivity index (χ2n) is 8.03. The minimum atomic E-state index is -1.23. The third kappa shape index (κ3) is 7.75. The summed E-state index contributed by atoms with van der Waals surface area (Å²) in [7, 11) is 0. The summed E-state index contributed by atoms with van der Waals surface area (Å²) in [5.41, 5.74) is 11.3. The van der Waals surface area contributed by atoms with Gasteiger partial charge in [-0.15, -0.1) is 0 Å². The predicted octanol–water partition coefficient (Wildman–Crippen LogP) is -1.47. The lowest BCUT2D eigenvalue weighted by atomic mass is 9.99. The first-order valence-electron chi connectivity index (χ1n) is 10.9. The van der Waals surface area contributed by atoms with Gasteiger partial charge in [0.15, 0.2) is 0 Å². The monoisotopic (exact) mass is 443 g/mol. The fourth-order valence-corrected chi connectivity index (χ4v) is 3.49. The Morgan fingerprint density at radius 2 is 1.84 bits per heavy atom. The number of aliphatic hydroxyl groups is 1. The maximum atomic E-state index is 12.9. The molecule has 0 aliphatic carbocycles. The Labute approximate surface area is 182 Å². The molecule has 1 aliphatic rings. The lowest BCUT2D eigenvalue weighted by Gasteiger charge is -2.29. The summed E-state index contributed by atoms with van der Waals surface area (Å²) < 4.78 is 0. The molecule has 11 nitrogen and oxygen atoms in total. The van der Waals surface area contributed by atoms with Gasteiger partial charge in [0.05, 0.1) is 12.6 Å². The second-order valence-corrected chi connectivity index (χ2v) is 8.03. The standard InChI is InChI=1S/C20H37N5O6/c1-3-12(2)16(22)18(28)24-14(11-26)19(29)25-10-6-8-15(25)17(27)23-13(20(30)31)7-4-5-9-21/h12-16,26H,3-11,21-22H2,1-2H3,(H,23,27)(H,24,28)(H,30,31). The molecular formula is C20H37N5O6. The van der Waals surface area contributed by atoms with E-state index in [1.54, 1.807) is 0 Å². The minimum absolute atomic E-state index is 0.105. The molecule has 1 aliphatic heterocycles. The molecule has 1 saturated heterocycles. The number of carbonyl (C=O) groups excluding carboxylic acids is 3. The van der Waals surface area contributed by atoms with Gasteiger partial charge in [0.2, 0.25) is 17.7 Å². The lowest BCUT2D eigenvalue weighted by molar-refractivity contribution is -0.145. The van der Waals surface area contributed by atoms with Gasteiger partial charge in [0.25, 0.3) is 0 Å². The highest BCUT2D eigenvalue weighted by molar-refractivity contribution is 5.94. The van der Waals surface area contributed by atoms with Crippen LogP contribution in [0.25, 0.3) is 0 Å². The topological polar surface area (TPSA) is 188 Å². The molecule has 11 heteroatoms. The molecule has 0 saturated carbocycles. The van der Waals surface area contributed by atoms with E-state index in [4.69, 9.17) is 11.5 Å². The van der Waals surface area contributed by atoms with Crippen LogP contribution < -0.4 is 22.1 Å². The minimum Gasteiger partial charge on any atom is -0.480 e. The summed E-state index contributed by atoms with van der Waals surface area (Å²) in [5, 5.41) is 24.0. The van der Waals surface area contributed by atoms with Crippen molar-refractivity contribution in [3.8, 4) is 0 Å². The average molecular weight is 444 g/mol. The number of nitrogens with two attached hydrogens (primary N) is 2. The Balaban J connectivity index is 2.80. The molecule has 0 bridgehead atoms. The van der Waals surface area contributed by atoms with Crippen LogP contribution in [0, 0.1) is 5.92 Å². The lowest BCUT2D eigenvalue weighted by Crippen LogP contribution is -2.58. The van der Waals surface area contributed by atoms with Gasteiger partial charge in [-0.1, -0.05) is 20.3 Å². The number of likely N-dealkylation sites (tertiary alicyclic amines) is 1. The number of unbranched alkanes of at least 4 members (excludes halogenated alkanes) is 1. The number of amides is 3. The van der Waals surface area contributed by atoms with Crippen molar-refractivity contribution in [1.82, 2.24) is 15.5 Å². The van der Waals surface area contributed by atoms with Gasteiger partial charge >= 0.3 is 5.97 Å². The number of carbonyl (C=O) groups is 4. The molecule has 1 rings (SSSR count). The van der Waals surface area contributed by atoms with Crippen molar-refractivity contribution in [2.75, 3.05) is 19.7 Å². The molecule has 3 amide bonds. The summed E-state index contributed by atoms with van der Waals surface area (Å²) in [6, 6.07) is -3.98. The zero-order valence-corrected chi connectivity index (χ0v) is 18.4. The normalized spacial score (nSPS) is 19.9. The fourth-order valence-electron chi connectivity index (χ4n) is 3.49. The number of carboxylic acids is 1. The fraction of sp³-hybridized carbons (Fsp3) is 0.800. The van der Waals surface area contributed by atoms with Crippen LogP contribution in [0.5, 0.6) is 0 Å². The molecule has 0 aromatic heterocycles. The van der Waals surface area contributed by atoms with Crippen molar-refractivity contribution in [2.24, 2.45) is 17.4 Å². The molecule has 0 aromatic carbocycles. The first-order valence-corrected chi connectivity index (χ1v) is 10.9. The van der Waals surface area contributed by atoms with Gasteiger partial charge in [0.1, 0.15) is 18.1 Å². The Bertz CT molecular complexity index is 631. The van der Waals surface area contributed by atoms with E-state index in [9.17, 15) is 29.4 Å². The highest BCUT2D eigenvalue weighted by atomic mass is 16.4. The van der Waals surface area contributed by atoms with Crippen molar-refractivity contribution < 1.29 is 29.4 Å². The van der Waals surface area contributed by atoms with Gasteiger partial charge in [-0.05, 0) is 44.6 Å². The number of rotatable bonds is 13. The van der Waals surface area contributed by atoms with E-state index < -0.39 is 54.5 Å². The number of aliphatic carboxylic acids is 1. The Morgan fingerprint density at radius 3 is 2.39 bits per heavy atom. The maximum Gasteiger partial charge on any atom is 0.326 e. The van der Waals surface area contributed by atoms with Gasteiger partial charge in [-0.2, -0.15) is 0 Å². The van der Waals surface area contributed by atoms with Crippen LogP contribution in [0.4, 0.5) is 0 Å². The molecule has 0 aromatic rings.